The largest absolute Gasteiger partial charge is 0.312 e. The lowest BCUT2D eigenvalue weighted by atomic mass is 10.0. The predicted molar refractivity (Wildman–Crippen MR) is 69.7 cm³/mol. The summed E-state index contributed by atoms with van der Waals surface area (Å²) in [7, 11) is 0. The molecule has 0 heterocycles. The Hall–Kier alpha value is -0.820. The topological polar surface area (TPSA) is 12.0 Å². The molecule has 0 aromatic heterocycles. The molecule has 0 bridgehead atoms. The first kappa shape index (κ1) is 11.7. The Bertz CT molecular complexity index is 350. The third kappa shape index (κ3) is 3.08. The highest BCUT2D eigenvalue weighted by molar-refractivity contribution is 5.34. The standard InChI is InChI=1S/C15H23N/c1-11(2)9-16-10-15-7-6-14(8-12(15)3)13-4-5-13/h6-8,11,13,16H,4-5,9-10H2,1-3H3. The van der Waals surface area contributed by atoms with Gasteiger partial charge in [-0.05, 0) is 54.8 Å². The van der Waals surface area contributed by atoms with Crippen molar-refractivity contribution in [3.8, 4) is 0 Å². The molecule has 1 saturated carbocycles. The molecular formula is C15H23N. The van der Waals surface area contributed by atoms with Gasteiger partial charge in [0.05, 0.1) is 0 Å². The van der Waals surface area contributed by atoms with Crippen molar-refractivity contribution in [1.29, 1.82) is 0 Å². The molecule has 0 unspecified atom stereocenters. The minimum Gasteiger partial charge on any atom is -0.312 e. The molecule has 1 nitrogen and oxygen atoms in total. The molecule has 0 radical (unpaired) electrons. The molecule has 1 heteroatoms. The van der Waals surface area contributed by atoms with Crippen LogP contribution in [0.25, 0.3) is 0 Å². The van der Waals surface area contributed by atoms with Gasteiger partial charge in [-0.1, -0.05) is 32.0 Å². The van der Waals surface area contributed by atoms with E-state index in [9.17, 15) is 0 Å². The first-order chi connectivity index (χ1) is 7.66. The van der Waals surface area contributed by atoms with Gasteiger partial charge in [-0.3, -0.25) is 0 Å². The fourth-order valence-electron chi connectivity index (χ4n) is 2.08. The number of hydrogen-bond donors (Lipinski definition) is 1. The van der Waals surface area contributed by atoms with Gasteiger partial charge in [0, 0.05) is 6.54 Å². The molecule has 16 heavy (non-hydrogen) atoms. The molecule has 0 aliphatic heterocycles. The van der Waals surface area contributed by atoms with Gasteiger partial charge in [0.15, 0.2) is 0 Å². The maximum Gasteiger partial charge on any atom is 0.0208 e. The zero-order chi connectivity index (χ0) is 11.5. The number of rotatable bonds is 5. The van der Waals surface area contributed by atoms with Crippen molar-refractivity contribution < 1.29 is 0 Å². The van der Waals surface area contributed by atoms with Gasteiger partial charge in [0.2, 0.25) is 0 Å². The van der Waals surface area contributed by atoms with Crippen molar-refractivity contribution in [3.63, 3.8) is 0 Å². The fourth-order valence-corrected chi connectivity index (χ4v) is 2.08. The Kier molecular flexibility index (Phi) is 3.65. The normalized spacial score (nSPS) is 15.8. The van der Waals surface area contributed by atoms with E-state index in [1.165, 1.54) is 24.0 Å². The molecule has 1 aromatic rings. The molecule has 1 aliphatic rings. The summed E-state index contributed by atoms with van der Waals surface area (Å²) in [4.78, 5) is 0. The minimum absolute atomic E-state index is 0.728. The highest BCUT2D eigenvalue weighted by atomic mass is 14.8. The summed E-state index contributed by atoms with van der Waals surface area (Å²) in [5.74, 6) is 1.60. The molecule has 0 spiro atoms. The summed E-state index contributed by atoms with van der Waals surface area (Å²) < 4.78 is 0. The third-order valence-corrected chi connectivity index (χ3v) is 3.28. The Morgan fingerprint density at radius 2 is 2.06 bits per heavy atom. The lowest BCUT2D eigenvalue weighted by Gasteiger charge is -2.11. The highest BCUT2D eigenvalue weighted by Crippen LogP contribution is 2.40. The van der Waals surface area contributed by atoms with Crippen molar-refractivity contribution in [1.82, 2.24) is 5.32 Å². The molecule has 88 valence electrons. The summed E-state index contributed by atoms with van der Waals surface area (Å²) >= 11 is 0. The van der Waals surface area contributed by atoms with E-state index in [1.807, 2.05) is 0 Å². The molecule has 1 N–H and O–H groups in total. The van der Waals surface area contributed by atoms with E-state index in [-0.39, 0.29) is 0 Å². The van der Waals surface area contributed by atoms with Gasteiger partial charge in [-0.2, -0.15) is 0 Å². The van der Waals surface area contributed by atoms with E-state index in [0.29, 0.717) is 0 Å². The van der Waals surface area contributed by atoms with Crippen LogP contribution in [0.4, 0.5) is 0 Å². The van der Waals surface area contributed by atoms with Gasteiger partial charge >= 0.3 is 0 Å². The number of benzene rings is 1. The summed E-state index contributed by atoms with van der Waals surface area (Å²) in [5.41, 5.74) is 4.44. The van der Waals surface area contributed by atoms with Crippen LogP contribution < -0.4 is 5.32 Å². The zero-order valence-electron chi connectivity index (χ0n) is 10.7. The molecular weight excluding hydrogens is 194 g/mol. The van der Waals surface area contributed by atoms with Crippen LogP contribution in [-0.4, -0.2) is 6.54 Å². The first-order valence-corrected chi connectivity index (χ1v) is 6.47. The van der Waals surface area contributed by atoms with E-state index < -0.39 is 0 Å². The fraction of sp³-hybridized carbons (Fsp3) is 0.600. The van der Waals surface area contributed by atoms with Crippen LogP contribution >= 0.6 is 0 Å². The van der Waals surface area contributed by atoms with Gasteiger partial charge in [0.25, 0.3) is 0 Å². The maximum atomic E-state index is 3.51. The van der Waals surface area contributed by atoms with Gasteiger partial charge in [0.1, 0.15) is 0 Å². The molecule has 0 amide bonds. The second-order valence-electron chi connectivity index (χ2n) is 5.48. The number of hydrogen-bond acceptors (Lipinski definition) is 1. The summed E-state index contributed by atoms with van der Waals surface area (Å²) in [6, 6.07) is 7.00. The molecule has 1 fully saturated rings. The quantitative estimate of drug-likeness (QED) is 0.794. The minimum atomic E-state index is 0.728. The van der Waals surface area contributed by atoms with E-state index in [2.05, 4.69) is 44.3 Å². The van der Waals surface area contributed by atoms with Crippen LogP contribution in [0, 0.1) is 12.8 Å². The SMILES string of the molecule is Cc1cc(C2CC2)ccc1CNCC(C)C. The van der Waals surface area contributed by atoms with Crippen LogP contribution in [0.2, 0.25) is 0 Å². The second kappa shape index (κ2) is 5.01. The number of aryl methyl sites for hydroxylation is 1. The highest BCUT2D eigenvalue weighted by Gasteiger charge is 2.23. The maximum absolute atomic E-state index is 3.51. The summed E-state index contributed by atoms with van der Waals surface area (Å²) in [6.07, 6.45) is 2.79. The molecule has 1 aromatic carbocycles. The Labute approximate surface area is 99.3 Å². The van der Waals surface area contributed by atoms with E-state index in [0.717, 1.165) is 24.9 Å². The van der Waals surface area contributed by atoms with Crippen molar-refractivity contribution >= 4 is 0 Å². The van der Waals surface area contributed by atoms with Crippen LogP contribution in [0.3, 0.4) is 0 Å². The summed E-state index contributed by atoms with van der Waals surface area (Å²) in [6.45, 7) is 8.84. The molecule has 1 aliphatic carbocycles. The Morgan fingerprint density at radius 3 is 2.62 bits per heavy atom. The summed E-state index contributed by atoms with van der Waals surface area (Å²) in [5, 5.41) is 3.51. The van der Waals surface area contributed by atoms with Gasteiger partial charge in [-0.25, -0.2) is 0 Å². The molecule has 0 saturated heterocycles. The van der Waals surface area contributed by atoms with Gasteiger partial charge < -0.3 is 5.32 Å². The van der Waals surface area contributed by atoms with E-state index in [4.69, 9.17) is 0 Å². The Balaban J connectivity index is 1.93. The smallest absolute Gasteiger partial charge is 0.0208 e. The van der Waals surface area contributed by atoms with Crippen LogP contribution in [0.15, 0.2) is 18.2 Å². The van der Waals surface area contributed by atoms with Crippen molar-refractivity contribution in [2.75, 3.05) is 6.54 Å². The van der Waals surface area contributed by atoms with E-state index in [1.54, 1.807) is 5.56 Å². The number of nitrogens with one attached hydrogen (secondary N) is 1. The lowest BCUT2D eigenvalue weighted by Crippen LogP contribution is -2.19. The molecule has 2 rings (SSSR count). The monoisotopic (exact) mass is 217 g/mol. The lowest BCUT2D eigenvalue weighted by molar-refractivity contribution is 0.551. The first-order valence-electron chi connectivity index (χ1n) is 6.47. The van der Waals surface area contributed by atoms with E-state index >= 15 is 0 Å². The average Bonchev–Trinajstić information content (AvgIpc) is 3.03. The Morgan fingerprint density at radius 1 is 1.31 bits per heavy atom. The average molecular weight is 217 g/mol. The van der Waals surface area contributed by atoms with Crippen molar-refractivity contribution in [3.05, 3.63) is 34.9 Å². The molecule has 0 atom stereocenters. The van der Waals surface area contributed by atoms with Crippen LogP contribution in [-0.2, 0) is 6.54 Å². The third-order valence-electron chi connectivity index (χ3n) is 3.28. The zero-order valence-corrected chi connectivity index (χ0v) is 10.7. The predicted octanol–water partition coefficient (Wildman–Crippen LogP) is 3.62. The van der Waals surface area contributed by atoms with Crippen molar-refractivity contribution in [2.45, 2.75) is 46.1 Å². The van der Waals surface area contributed by atoms with Crippen molar-refractivity contribution in [2.24, 2.45) is 5.92 Å². The van der Waals surface area contributed by atoms with Crippen LogP contribution in [0.5, 0.6) is 0 Å². The van der Waals surface area contributed by atoms with Gasteiger partial charge in [-0.15, -0.1) is 0 Å². The second-order valence-corrected chi connectivity index (χ2v) is 5.48. The van der Waals surface area contributed by atoms with Crippen LogP contribution in [0.1, 0.15) is 49.3 Å².